The third kappa shape index (κ3) is 3.78. The molecule has 0 radical (unpaired) electrons. The first-order valence-corrected chi connectivity index (χ1v) is 5.34. The second-order valence-electron chi connectivity index (χ2n) is 4.05. The third-order valence-electron chi connectivity index (χ3n) is 2.57. The van der Waals surface area contributed by atoms with Crippen LogP contribution in [0.5, 0.6) is 0 Å². The van der Waals surface area contributed by atoms with Gasteiger partial charge in [-0.15, -0.1) is 0 Å². The SMILES string of the molecule is C=C(C)C=CCC1=C(C)CC=CCC1. The van der Waals surface area contributed by atoms with Crippen molar-refractivity contribution in [2.45, 2.75) is 39.5 Å². The molecule has 1 rings (SSSR count). The molecule has 0 nitrogen and oxygen atoms in total. The Bertz CT molecular complexity index is 287. The highest BCUT2D eigenvalue weighted by atomic mass is 14.1. The van der Waals surface area contributed by atoms with Crippen molar-refractivity contribution in [1.29, 1.82) is 0 Å². The van der Waals surface area contributed by atoms with Crippen LogP contribution in [0, 0.1) is 0 Å². The summed E-state index contributed by atoms with van der Waals surface area (Å²) in [6, 6.07) is 0. The Hall–Kier alpha value is -1.04. The largest absolute Gasteiger partial charge is 0.0961 e. The predicted molar refractivity (Wildman–Crippen MR) is 64.3 cm³/mol. The third-order valence-corrected chi connectivity index (χ3v) is 2.57. The monoisotopic (exact) mass is 188 g/mol. The molecule has 1 aliphatic carbocycles. The lowest BCUT2D eigenvalue weighted by molar-refractivity contribution is 0.924. The maximum atomic E-state index is 3.86. The van der Waals surface area contributed by atoms with Gasteiger partial charge in [0.2, 0.25) is 0 Å². The number of hydrogen-bond acceptors (Lipinski definition) is 0. The Balaban J connectivity index is 2.54. The van der Waals surface area contributed by atoms with E-state index in [2.05, 4.69) is 37.8 Å². The van der Waals surface area contributed by atoms with Crippen molar-refractivity contribution >= 4 is 0 Å². The van der Waals surface area contributed by atoms with E-state index in [9.17, 15) is 0 Å². The van der Waals surface area contributed by atoms with Crippen LogP contribution in [0.25, 0.3) is 0 Å². The Labute approximate surface area is 87.7 Å². The van der Waals surface area contributed by atoms with Crippen molar-refractivity contribution in [2.75, 3.05) is 0 Å². The maximum Gasteiger partial charge on any atom is -0.0133 e. The summed E-state index contributed by atoms with van der Waals surface area (Å²) >= 11 is 0. The van der Waals surface area contributed by atoms with Gasteiger partial charge in [-0.05, 0) is 39.5 Å². The van der Waals surface area contributed by atoms with E-state index in [-0.39, 0.29) is 0 Å². The van der Waals surface area contributed by atoms with E-state index in [4.69, 9.17) is 0 Å². The smallest absolute Gasteiger partial charge is 0.0133 e. The minimum atomic E-state index is 1.10. The lowest BCUT2D eigenvalue weighted by Crippen LogP contribution is -1.85. The summed E-state index contributed by atoms with van der Waals surface area (Å²) in [7, 11) is 0. The van der Waals surface area contributed by atoms with Gasteiger partial charge in [0.05, 0.1) is 0 Å². The first-order chi connectivity index (χ1) is 6.70. The Morgan fingerprint density at radius 1 is 1.50 bits per heavy atom. The van der Waals surface area contributed by atoms with E-state index >= 15 is 0 Å². The normalized spacial score (nSPS) is 17.6. The molecule has 0 heterocycles. The lowest BCUT2D eigenvalue weighted by atomic mass is 10.0. The van der Waals surface area contributed by atoms with Crippen molar-refractivity contribution in [3.63, 3.8) is 0 Å². The average Bonchev–Trinajstić information content (AvgIpc) is 2.31. The van der Waals surface area contributed by atoms with Crippen LogP contribution in [0.15, 0.2) is 47.6 Å². The number of allylic oxidation sites excluding steroid dienone is 7. The number of hydrogen-bond donors (Lipinski definition) is 0. The summed E-state index contributed by atoms with van der Waals surface area (Å²) in [4.78, 5) is 0. The van der Waals surface area contributed by atoms with Crippen LogP contribution in [-0.2, 0) is 0 Å². The van der Waals surface area contributed by atoms with Crippen molar-refractivity contribution < 1.29 is 0 Å². The molecule has 0 amide bonds. The molecule has 14 heavy (non-hydrogen) atoms. The molecule has 0 aliphatic heterocycles. The molecule has 1 aliphatic rings. The Morgan fingerprint density at radius 3 is 3.00 bits per heavy atom. The Morgan fingerprint density at radius 2 is 2.29 bits per heavy atom. The molecular formula is C14H20. The average molecular weight is 188 g/mol. The quantitative estimate of drug-likeness (QED) is 0.449. The molecule has 0 heteroatoms. The van der Waals surface area contributed by atoms with Crippen molar-refractivity contribution in [3.05, 3.63) is 47.6 Å². The molecule has 0 aromatic heterocycles. The standard InChI is InChI=1S/C14H20/c1-12(2)8-7-11-14-10-6-4-5-9-13(14)3/h4-5,7-8H,1,6,9-11H2,2-3H3. The molecule has 0 N–H and O–H groups in total. The van der Waals surface area contributed by atoms with Crippen molar-refractivity contribution in [1.82, 2.24) is 0 Å². The zero-order valence-corrected chi connectivity index (χ0v) is 9.34. The predicted octanol–water partition coefficient (Wildman–Crippen LogP) is 4.57. The van der Waals surface area contributed by atoms with Gasteiger partial charge in [-0.3, -0.25) is 0 Å². The molecule has 0 saturated heterocycles. The molecule has 0 fully saturated rings. The van der Waals surface area contributed by atoms with E-state index in [0.29, 0.717) is 0 Å². The summed E-state index contributed by atoms with van der Waals surface area (Å²) < 4.78 is 0. The van der Waals surface area contributed by atoms with Crippen LogP contribution >= 0.6 is 0 Å². The second-order valence-corrected chi connectivity index (χ2v) is 4.05. The van der Waals surface area contributed by atoms with E-state index < -0.39 is 0 Å². The van der Waals surface area contributed by atoms with Gasteiger partial charge in [0.1, 0.15) is 0 Å². The van der Waals surface area contributed by atoms with Gasteiger partial charge in [-0.25, -0.2) is 0 Å². The minimum Gasteiger partial charge on any atom is -0.0961 e. The van der Waals surface area contributed by atoms with Gasteiger partial charge in [-0.1, -0.05) is 47.6 Å². The summed E-state index contributed by atoms with van der Waals surface area (Å²) in [6.07, 6.45) is 13.6. The fraction of sp³-hybridized carbons (Fsp3) is 0.429. The summed E-state index contributed by atoms with van der Waals surface area (Å²) in [5.41, 5.74) is 4.28. The van der Waals surface area contributed by atoms with Gasteiger partial charge in [0, 0.05) is 0 Å². The van der Waals surface area contributed by atoms with Gasteiger partial charge in [-0.2, -0.15) is 0 Å². The van der Waals surface area contributed by atoms with Gasteiger partial charge >= 0.3 is 0 Å². The van der Waals surface area contributed by atoms with E-state index in [0.717, 1.165) is 18.4 Å². The van der Waals surface area contributed by atoms with Crippen LogP contribution in [-0.4, -0.2) is 0 Å². The molecule has 0 saturated carbocycles. The van der Waals surface area contributed by atoms with Crippen LogP contribution in [0.2, 0.25) is 0 Å². The minimum absolute atomic E-state index is 1.10. The Kier molecular flexibility index (Phi) is 4.45. The summed E-state index contributed by atoms with van der Waals surface area (Å²) in [6.45, 7) is 8.14. The highest BCUT2D eigenvalue weighted by Crippen LogP contribution is 2.22. The molecule has 0 bridgehead atoms. The zero-order chi connectivity index (χ0) is 10.4. The molecular weight excluding hydrogens is 168 g/mol. The van der Waals surface area contributed by atoms with Gasteiger partial charge < -0.3 is 0 Å². The van der Waals surface area contributed by atoms with Crippen LogP contribution in [0.4, 0.5) is 0 Å². The summed E-state index contributed by atoms with van der Waals surface area (Å²) in [5, 5.41) is 0. The topological polar surface area (TPSA) is 0 Å². The van der Waals surface area contributed by atoms with Crippen LogP contribution in [0.3, 0.4) is 0 Å². The van der Waals surface area contributed by atoms with Crippen molar-refractivity contribution in [2.24, 2.45) is 0 Å². The van der Waals surface area contributed by atoms with Gasteiger partial charge in [0.15, 0.2) is 0 Å². The fourth-order valence-electron chi connectivity index (χ4n) is 1.67. The highest BCUT2D eigenvalue weighted by molar-refractivity contribution is 5.22. The van der Waals surface area contributed by atoms with Crippen LogP contribution in [0.1, 0.15) is 39.5 Å². The summed E-state index contributed by atoms with van der Waals surface area (Å²) in [5.74, 6) is 0. The molecule has 76 valence electrons. The van der Waals surface area contributed by atoms with Crippen molar-refractivity contribution in [3.8, 4) is 0 Å². The fourth-order valence-corrected chi connectivity index (χ4v) is 1.67. The molecule has 0 aromatic rings. The van der Waals surface area contributed by atoms with E-state index in [1.54, 1.807) is 11.1 Å². The molecule has 0 aromatic carbocycles. The highest BCUT2D eigenvalue weighted by Gasteiger charge is 2.02. The first kappa shape index (κ1) is 11.0. The van der Waals surface area contributed by atoms with Crippen LogP contribution < -0.4 is 0 Å². The molecule has 0 spiro atoms. The van der Waals surface area contributed by atoms with E-state index in [1.165, 1.54) is 12.8 Å². The first-order valence-electron chi connectivity index (χ1n) is 5.34. The number of rotatable bonds is 3. The molecule has 0 atom stereocenters. The second kappa shape index (κ2) is 5.64. The zero-order valence-electron chi connectivity index (χ0n) is 9.34. The lowest BCUT2D eigenvalue weighted by Gasteiger charge is -2.05. The maximum absolute atomic E-state index is 3.86. The van der Waals surface area contributed by atoms with E-state index in [1.807, 2.05) is 6.92 Å². The van der Waals surface area contributed by atoms with Gasteiger partial charge in [0.25, 0.3) is 0 Å². The molecule has 0 unspecified atom stereocenters.